The standard InChI is InChI=1S/C9H9ClN4OS/c1-4-3-16-7(6(4)10)9(15)13-8-5(11)2-12-14-8/h2-3H,11H2,1H3,(H2,12,13,14,15). The quantitative estimate of drug-likeness (QED) is 0.771. The van der Waals surface area contributed by atoms with Crippen molar-refractivity contribution >= 4 is 40.4 Å². The highest BCUT2D eigenvalue weighted by Crippen LogP contribution is 2.28. The highest BCUT2D eigenvalue weighted by molar-refractivity contribution is 7.13. The predicted octanol–water partition coefficient (Wildman–Crippen LogP) is 2.27. The van der Waals surface area contributed by atoms with Crippen LogP contribution in [0.1, 0.15) is 15.2 Å². The molecule has 0 fully saturated rings. The van der Waals surface area contributed by atoms with Gasteiger partial charge in [-0.15, -0.1) is 11.3 Å². The molecule has 0 aliphatic heterocycles. The van der Waals surface area contributed by atoms with Crippen molar-refractivity contribution in [1.29, 1.82) is 0 Å². The molecule has 0 unspecified atom stereocenters. The number of hydrogen-bond donors (Lipinski definition) is 3. The third kappa shape index (κ3) is 1.89. The number of carbonyl (C=O) groups excluding carboxylic acids is 1. The molecule has 0 aliphatic carbocycles. The number of hydrogen-bond acceptors (Lipinski definition) is 4. The molecule has 0 saturated carbocycles. The molecule has 2 aromatic rings. The molecule has 0 radical (unpaired) electrons. The molecule has 5 nitrogen and oxygen atoms in total. The molecule has 2 rings (SSSR count). The van der Waals surface area contributed by atoms with E-state index in [4.69, 9.17) is 17.3 Å². The number of halogens is 1. The maximum absolute atomic E-state index is 11.8. The zero-order chi connectivity index (χ0) is 11.7. The lowest BCUT2D eigenvalue weighted by Gasteiger charge is -2.01. The minimum Gasteiger partial charge on any atom is -0.394 e. The van der Waals surface area contributed by atoms with E-state index in [1.165, 1.54) is 17.5 Å². The van der Waals surface area contributed by atoms with Gasteiger partial charge in [-0.3, -0.25) is 9.89 Å². The molecule has 0 bridgehead atoms. The summed E-state index contributed by atoms with van der Waals surface area (Å²) in [6.45, 7) is 1.85. The van der Waals surface area contributed by atoms with E-state index < -0.39 is 0 Å². The average molecular weight is 257 g/mol. The van der Waals surface area contributed by atoms with Crippen LogP contribution in [0.2, 0.25) is 5.02 Å². The molecule has 1 amide bonds. The largest absolute Gasteiger partial charge is 0.394 e. The monoisotopic (exact) mass is 256 g/mol. The molecule has 16 heavy (non-hydrogen) atoms. The van der Waals surface area contributed by atoms with Gasteiger partial charge in [0.1, 0.15) is 4.88 Å². The van der Waals surface area contributed by atoms with Crippen molar-refractivity contribution in [2.75, 3.05) is 11.1 Å². The first-order valence-corrected chi connectivity index (χ1v) is 5.69. The maximum atomic E-state index is 11.8. The first kappa shape index (κ1) is 11.0. The maximum Gasteiger partial charge on any atom is 0.268 e. The number of aromatic amines is 1. The molecular weight excluding hydrogens is 248 g/mol. The van der Waals surface area contributed by atoms with E-state index in [1.54, 1.807) is 0 Å². The van der Waals surface area contributed by atoms with E-state index in [1.807, 2.05) is 12.3 Å². The van der Waals surface area contributed by atoms with Crippen LogP contribution in [0.3, 0.4) is 0 Å². The highest BCUT2D eigenvalue weighted by atomic mass is 35.5. The molecule has 0 atom stereocenters. The number of aryl methyl sites for hydroxylation is 1. The predicted molar refractivity (Wildman–Crippen MR) is 65.0 cm³/mol. The zero-order valence-electron chi connectivity index (χ0n) is 8.37. The van der Waals surface area contributed by atoms with Crippen LogP contribution in [0.5, 0.6) is 0 Å². The van der Waals surface area contributed by atoms with Crippen LogP contribution >= 0.6 is 22.9 Å². The summed E-state index contributed by atoms with van der Waals surface area (Å²) in [5.41, 5.74) is 6.84. The number of thiophene rings is 1. The van der Waals surface area contributed by atoms with E-state index in [9.17, 15) is 4.79 Å². The number of nitrogens with two attached hydrogens (primary N) is 1. The Bertz CT molecular complexity index is 533. The number of rotatable bonds is 2. The third-order valence-corrected chi connectivity index (χ3v) is 3.71. The molecule has 2 aromatic heterocycles. The van der Waals surface area contributed by atoms with Crippen LogP contribution in [0.25, 0.3) is 0 Å². The van der Waals surface area contributed by atoms with Crippen LogP contribution in [0.15, 0.2) is 11.6 Å². The Morgan fingerprint density at radius 1 is 1.69 bits per heavy atom. The summed E-state index contributed by atoms with van der Waals surface area (Å²) in [5.74, 6) is 0.0890. The molecular formula is C9H9ClN4OS. The van der Waals surface area contributed by atoms with E-state index >= 15 is 0 Å². The number of carbonyl (C=O) groups is 1. The van der Waals surface area contributed by atoms with Gasteiger partial charge >= 0.3 is 0 Å². The van der Waals surface area contributed by atoms with Gasteiger partial charge in [-0.2, -0.15) is 5.10 Å². The van der Waals surface area contributed by atoms with E-state index in [0.29, 0.717) is 21.4 Å². The Labute approximate surface area is 101 Å². The van der Waals surface area contributed by atoms with Crippen molar-refractivity contribution in [1.82, 2.24) is 10.2 Å². The fourth-order valence-corrected chi connectivity index (χ4v) is 2.32. The number of nitrogen functional groups attached to an aromatic ring is 1. The summed E-state index contributed by atoms with van der Waals surface area (Å²) >= 11 is 7.27. The first-order valence-electron chi connectivity index (χ1n) is 4.43. The van der Waals surface area contributed by atoms with Gasteiger partial charge in [0.2, 0.25) is 0 Å². The van der Waals surface area contributed by atoms with Gasteiger partial charge in [0, 0.05) is 0 Å². The molecule has 4 N–H and O–H groups in total. The van der Waals surface area contributed by atoms with E-state index in [-0.39, 0.29) is 5.91 Å². The Kier molecular flexibility index (Phi) is 2.84. The van der Waals surface area contributed by atoms with Crippen molar-refractivity contribution in [3.05, 3.63) is 27.0 Å². The van der Waals surface area contributed by atoms with Gasteiger partial charge in [-0.05, 0) is 17.9 Å². The Morgan fingerprint density at radius 2 is 2.44 bits per heavy atom. The minimum atomic E-state index is -0.293. The summed E-state index contributed by atoms with van der Waals surface area (Å²) in [5, 5.41) is 11.2. The molecule has 2 heterocycles. The summed E-state index contributed by atoms with van der Waals surface area (Å²) in [7, 11) is 0. The number of nitrogens with one attached hydrogen (secondary N) is 2. The Hall–Kier alpha value is -1.53. The van der Waals surface area contributed by atoms with Crippen LogP contribution < -0.4 is 11.1 Å². The van der Waals surface area contributed by atoms with Crippen molar-refractivity contribution in [3.8, 4) is 0 Å². The Morgan fingerprint density at radius 3 is 2.94 bits per heavy atom. The van der Waals surface area contributed by atoms with Crippen molar-refractivity contribution in [2.24, 2.45) is 0 Å². The number of H-pyrrole nitrogens is 1. The topological polar surface area (TPSA) is 83.8 Å². The molecule has 0 spiro atoms. The van der Waals surface area contributed by atoms with Gasteiger partial charge in [0.25, 0.3) is 5.91 Å². The molecule has 84 valence electrons. The summed E-state index contributed by atoms with van der Waals surface area (Å²) in [6, 6.07) is 0. The van der Waals surface area contributed by atoms with Crippen LogP contribution in [0, 0.1) is 6.92 Å². The zero-order valence-corrected chi connectivity index (χ0v) is 9.95. The third-order valence-electron chi connectivity index (χ3n) is 2.01. The van der Waals surface area contributed by atoms with Gasteiger partial charge in [-0.25, -0.2) is 0 Å². The van der Waals surface area contributed by atoms with Gasteiger partial charge < -0.3 is 11.1 Å². The number of aromatic nitrogens is 2. The Balaban J connectivity index is 2.21. The fourth-order valence-electron chi connectivity index (χ4n) is 1.15. The second kappa shape index (κ2) is 4.15. The number of nitrogens with zero attached hydrogens (tertiary/aromatic N) is 1. The minimum absolute atomic E-state index is 0.293. The molecule has 7 heteroatoms. The van der Waals surface area contributed by atoms with Crippen molar-refractivity contribution < 1.29 is 4.79 Å². The van der Waals surface area contributed by atoms with Crippen LogP contribution in [-0.2, 0) is 0 Å². The molecule has 0 aliphatic rings. The van der Waals surface area contributed by atoms with Gasteiger partial charge in [-0.1, -0.05) is 11.6 Å². The van der Waals surface area contributed by atoms with Crippen molar-refractivity contribution in [2.45, 2.75) is 6.92 Å². The highest BCUT2D eigenvalue weighted by Gasteiger charge is 2.16. The summed E-state index contributed by atoms with van der Waals surface area (Å²) < 4.78 is 0. The van der Waals surface area contributed by atoms with Crippen LogP contribution in [-0.4, -0.2) is 16.1 Å². The van der Waals surface area contributed by atoms with Gasteiger partial charge in [0.15, 0.2) is 5.82 Å². The molecule has 0 saturated heterocycles. The van der Waals surface area contributed by atoms with E-state index in [2.05, 4.69) is 15.5 Å². The number of amides is 1. The fraction of sp³-hybridized carbons (Fsp3) is 0.111. The lowest BCUT2D eigenvalue weighted by Crippen LogP contribution is -2.12. The lowest BCUT2D eigenvalue weighted by atomic mass is 10.3. The summed E-state index contributed by atoms with van der Waals surface area (Å²) in [4.78, 5) is 12.3. The second-order valence-corrected chi connectivity index (χ2v) is 4.47. The first-order chi connectivity index (χ1) is 7.59. The number of anilines is 2. The smallest absolute Gasteiger partial charge is 0.268 e. The molecule has 0 aromatic carbocycles. The SMILES string of the molecule is Cc1csc(C(=O)Nc2[nH]ncc2N)c1Cl. The average Bonchev–Trinajstić information content (AvgIpc) is 2.77. The second-order valence-electron chi connectivity index (χ2n) is 3.22. The normalized spacial score (nSPS) is 10.4. The summed E-state index contributed by atoms with van der Waals surface area (Å²) in [6.07, 6.45) is 1.43. The van der Waals surface area contributed by atoms with Gasteiger partial charge in [0.05, 0.1) is 16.9 Å². The lowest BCUT2D eigenvalue weighted by molar-refractivity contribution is 0.103. The van der Waals surface area contributed by atoms with E-state index in [0.717, 1.165) is 5.56 Å². The van der Waals surface area contributed by atoms with Crippen LogP contribution in [0.4, 0.5) is 11.5 Å². The van der Waals surface area contributed by atoms with Crippen molar-refractivity contribution in [3.63, 3.8) is 0 Å².